The van der Waals surface area contributed by atoms with Gasteiger partial charge in [-0.15, -0.1) is 0 Å². The third kappa shape index (κ3) is 4.45. The van der Waals surface area contributed by atoms with Gasteiger partial charge in [0.05, 0.1) is 21.3 Å². The second-order valence-electron chi connectivity index (χ2n) is 6.27. The summed E-state index contributed by atoms with van der Waals surface area (Å²) in [7, 11) is 4.73. The van der Waals surface area contributed by atoms with Crippen LogP contribution >= 0.6 is 0 Å². The van der Waals surface area contributed by atoms with Crippen LogP contribution in [0, 0.1) is 0 Å². The Kier molecular flexibility index (Phi) is 6.46. The molecule has 0 aliphatic carbocycles. The van der Waals surface area contributed by atoms with Crippen molar-refractivity contribution in [2.24, 2.45) is 0 Å². The molecule has 0 heterocycles. The summed E-state index contributed by atoms with van der Waals surface area (Å²) in [6.45, 7) is 2.84. The Morgan fingerprint density at radius 1 is 0.846 bits per heavy atom. The molecule has 0 aliphatic rings. The van der Waals surface area contributed by atoms with E-state index in [0.717, 1.165) is 30.9 Å². The highest BCUT2D eigenvalue weighted by Crippen LogP contribution is 2.38. The largest absolute Gasteiger partial charge is 0.493 e. The molecule has 142 valence electrons. The zero-order valence-electron chi connectivity index (χ0n) is 16.0. The third-order valence-corrected chi connectivity index (χ3v) is 4.45. The fraction of sp³-hybridized carbons (Fsp3) is 0.429. The van der Waals surface area contributed by atoms with E-state index < -0.39 is 5.92 Å². The highest BCUT2D eigenvalue weighted by molar-refractivity contribution is 5.54. The molecule has 2 aromatic carbocycles. The van der Waals surface area contributed by atoms with Gasteiger partial charge in [0.2, 0.25) is 5.75 Å². The molecule has 0 aromatic heterocycles. The standard InChI is InChI=1S/C21H26F2O3/c1-6-16-11-14(9-10-17(16)21(2,22)23)7-8-15-12-18(24-3)20(26-5)19(13-15)25-4/h9-13H,6-8H2,1-5H3. The Morgan fingerprint density at radius 3 is 1.88 bits per heavy atom. The van der Waals surface area contributed by atoms with E-state index in [1.807, 2.05) is 25.1 Å². The second kappa shape index (κ2) is 8.39. The van der Waals surface area contributed by atoms with Gasteiger partial charge in [-0.2, -0.15) is 0 Å². The average Bonchev–Trinajstić information content (AvgIpc) is 2.64. The highest BCUT2D eigenvalue weighted by atomic mass is 19.3. The van der Waals surface area contributed by atoms with Crippen LogP contribution in [-0.2, 0) is 25.2 Å². The fourth-order valence-electron chi connectivity index (χ4n) is 3.09. The van der Waals surface area contributed by atoms with Gasteiger partial charge >= 0.3 is 0 Å². The SMILES string of the molecule is CCc1cc(CCc2cc(OC)c(OC)c(OC)c2)ccc1C(C)(F)F. The lowest BCUT2D eigenvalue weighted by molar-refractivity contribution is 0.0166. The van der Waals surface area contributed by atoms with Crippen molar-refractivity contribution < 1.29 is 23.0 Å². The van der Waals surface area contributed by atoms with Gasteiger partial charge in [0.1, 0.15) is 0 Å². The van der Waals surface area contributed by atoms with E-state index in [1.165, 1.54) is 0 Å². The molecule has 3 nitrogen and oxygen atoms in total. The number of rotatable bonds is 8. The lowest BCUT2D eigenvalue weighted by Gasteiger charge is -2.17. The molecule has 0 fully saturated rings. The van der Waals surface area contributed by atoms with Crippen LogP contribution in [-0.4, -0.2) is 21.3 Å². The minimum Gasteiger partial charge on any atom is -0.493 e. The lowest BCUT2D eigenvalue weighted by atomic mass is 9.95. The molecule has 2 aromatic rings. The molecule has 0 unspecified atom stereocenters. The minimum absolute atomic E-state index is 0.108. The van der Waals surface area contributed by atoms with E-state index in [0.29, 0.717) is 29.2 Å². The maximum atomic E-state index is 13.7. The van der Waals surface area contributed by atoms with E-state index >= 15 is 0 Å². The van der Waals surface area contributed by atoms with Crippen molar-refractivity contribution >= 4 is 0 Å². The van der Waals surface area contributed by atoms with Gasteiger partial charge in [-0.1, -0.05) is 25.1 Å². The molecule has 0 radical (unpaired) electrons. The van der Waals surface area contributed by atoms with Crippen LogP contribution in [0.4, 0.5) is 8.78 Å². The Labute approximate surface area is 153 Å². The number of hydrogen-bond acceptors (Lipinski definition) is 3. The van der Waals surface area contributed by atoms with Crippen LogP contribution in [0.1, 0.15) is 36.1 Å². The van der Waals surface area contributed by atoms with Gasteiger partial charge in [-0.05, 0) is 48.1 Å². The predicted molar refractivity (Wildman–Crippen MR) is 98.9 cm³/mol. The smallest absolute Gasteiger partial charge is 0.270 e. The maximum absolute atomic E-state index is 13.7. The van der Waals surface area contributed by atoms with E-state index in [9.17, 15) is 8.78 Å². The first-order chi connectivity index (χ1) is 12.3. The van der Waals surface area contributed by atoms with Crippen LogP contribution in [0.3, 0.4) is 0 Å². The molecule has 0 saturated carbocycles. The zero-order chi connectivity index (χ0) is 19.3. The van der Waals surface area contributed by atoms with Crippen LogP contribution in [0.25, 0.3) is 0 Å². The topological polar surface area (TPSA) is 27.7 Å². The number of methoxy groups -OCH3 is 3. The summed E-state index contributed by atoms with van der Waals surface area (Å²) in [4.78, 5) is 0. The van der Waals surface area contributed by atoms with Crippen molar-refractivity contribution in [1.29, 1.82) is 0 Å². The lowest BCUT2D eigenvalue weighted by Crippen LogP contribution is -2.11. The number of alkyl halides is 2. The monoisotopic (exact) mass is 364 g/mol. The molecule has 0 spiro atoms. The third-order valence-electron chi connectivity index (χ3n) is 4.45. The number of ether oxygens (including phenoxy) is 3. The number of halogens is 2. The van der Waals surface area contributed by atoms with Crippen LogP contribution in [0.2, 0.25) is 0 Å². The Balaban J connectivity index is 2.23. The molecular formula is C21H26F2O3. The Bertz CT molecular complexity index is 726. The molecule has 0 aliphatic heterocycles. The summed E-state index contributed by atoms with van der Waals surface area (Å²) in [5, 5.41) is 0. The van der Waals surface area contributed by atoms with Gasteiger partial charge in [-0.3, -0.25) is 0 Å². The van der Waals surface area contributed by atoms with Gasteiger partial charge in [-0.25, -0.2) is 8.78 Å². The molecule has 0 bridgehead atoms. The van der Waals surface area contributed by atoms with Crippen molar-refractivity contribution in [3.05, 3.63) is 52.6 Å². The number of benzene rings is 2. The molecule has 26 heavy (non-hydrogen) atoms. The first-order valence-corrected chi connectivity index (χ1v) is 8.63. The van der Waals surface area contributed by atoms with Crippen LogP contribution in [0.15, 0.2) is 30.3 Å². The van der Waals surface area contributed by atoms with Crippen LogP contribution < -0.4 is 14.2 Å². The molecule has 0 amide bonds. The second-order valence-corrected chi connectivity index (χ2v) is 6.27. The van der Waals surface area contributed by atoms with Crippen molar-refractivity contribution in [2.45, 2.75) is 39.0 Å². The zero-order valence-corrected chi connectivity index (χ0v) is 16.0. The predicted octanol–water partition coefficient (Wildman–Crippen LogP) is 5.17. The maximum Gasteiger partial charge on any atom is 0.270 e. The van der Waals surface area contributed by atoms with E-state index in [4.69, 9.17) is 14.2 Å². The van der Waals surface area contributed by atoms with Crippen molar-refractivity contribution in [3.63, 3.8) is 0 Å². The number of hydrogen-bond donors (Lipinski definition) is 0. The summed E-state index contributed by atoms with van der Waals surface area (Å²) in [6, 6.07) is 9.03. The molecule has 0 N–H and O–H groups in total. The van der Waals surface area contributed by atoms with Crippen molar-refractivity contribution in [3.8, 4) is 17.2 Å². The normalized spacial score (nSPS) is 11.3. The molecular weight excluding hydrogens is 338 g/mol. The van der Waals surface area contributed by atoms with Gasteiger partial charge in [0.15, 0.2) is 11.5 Å². The molecule has 0 saturated heterocycles. The summed E-state index contributed by atoms with van der Waals surface area (Å²) < 4.78 is 43.4. The van der Waals surface area contributed by atoms with Crippen molar-refractivity contribution in [2.75, 3.05) is 21.3 Å². The molecule has 2 rings (SSSR count). The van der Waals surface area contributed by atoms with Crippen LogP contribution in [0.5, 0.6) is 17.2 Å². The fourth-order valence-corrected chi connectivity index (χ4v) is 3.09. The summed E-state index contributed by atoms with van der Waals surface area (Å²) in [6.07, 6.45) is 2.06. The number of aryl methyl sites for hydroxylation is 3. The summed E-state index contributed by atoms with van der Waals surface area (Å²) >= 11 is 0. The molecule has 5 heteroatoms. The Morgan fingerprint density at radius 2 is 1.42 bits per heavy atom. The van der Waals surface area contributed by atoms with Gasteiger partial charge < -0.3 is 14.2 Å². The summed E-state index contributed by atoms with van der Waals surface area (Å²) in [5.41, 5.74) is 2.86. The summed E-state index contributed by atoms with van der Waals surface area (Å²) in [5.74, 6) is -1.05. The Hall–Kier alpha value is -2.30. The van der Waals surface area contributed by atoms with Gasteiger partial charge in [0, 0.05) is 12.5 Å². The first kappa shape index (κ1) is 20.0. The highest BCUT2D eigenvalue weighted by Gasteiger charge is 2.26. The first-order valence-electron chi connectivity index (χ1n) is 8.63. The molecule has 0 atom stereocenters. The average molecular weight is 364 g/mol. The van der Waals surface area contributed by atoms with Crippen molar-refractivity contribution in [1.82, 2.24) is 0 Å². The van der Waals surface area contributed by atoms with Gasteiger partial charge in [0.25, 0.3) is 5.92 Å². The van der Waals surface area contributed by atoms with E-state index in [-0.39, 0.29) is 5.56 Å². The quantitative estimate of drug-likeness (QED) is 0.647. The minimum atomic E-state index is -2.82. The van der Waals surface area contributed by atoms with E-state index in [1.54, 1.807) is 33.5 Å². The van der Waals surface area contributed by atoms with E-state index in [2.05, 4.69) is 0 Å².